The monoisotopic (exact) mass is 390 g/mol. The molecular weight excluding hydrogens is 369 g/mol. The van der Waals surface area contributed by atoms with Crippen LogP contribution in [0.1, 0.15) is 42.3 Å². The van der Waals surface area contributed by atoms with E-state index in [-0.39, 0.29) is 5.91 Å². The van der Waals surface area contributed by atoms with Crippen molar-refractivity contribution in [3.05, 3.63) is 59.2 Å². The van der Waals surface area contributed by atoms with Crippen molar-refractivity contribution in [3.8, 4) is 0 Å². The molecule has 2 amide bonds. The highest BCUT2D eigenvalue weighted by Gasteiger charge is 2.35. The van der Waals surface area contributed by atoms with Gasteiger partial charge in [0.1, 0.15) is 0 Å². The summed E-state index contributed by atoms with van der Waals surface area (Å²) in [6.45, 7) is 6.08. The number of halogens is 3. The van der Waals surface area contributed by atoms with E-state index in [1.807, 2.05) is 20.8 Å². The first kappa shape index (κ1) is 19.9. The van der Waals surface area contributed by atoms with Crippen molar-refractivity contribution in [2.45, 2.75) is 33.4 Å². The number of alkyl halides is 3. The summed E-state index contributed by atoms with van der Waals surface area (Å²) in [4.78, 5) is 26.7. The summed E-state index contributed by atoms with van der Waals surface area (Å²) >= 11 is 0. The number of carbonyl (C=O) groups excluding carboxylic acids is 2. The van der Waals surface area contributed by atoms with Crippen LogP contribution in [-0.4, -0.2) is 18.4 Å². The third kappa shape index (κ3) is 3.88. The molecule has 0 saturated heterocycles. The van der Waals surface area contributed by atoms with Crippen LogP contribution in [0.4, 0.5) is 24.5 Å². The maximum absolute atomic E-state index is 13.1. The quantitative estimate of drug-likeness (QED) is 0.794. The number of amides is 2. The number of hydrogen-bond acceptors (Lipinski definition) is 2. The molecule has 7 heteroatoms. The predicted octanol–water partition coefficient (Wildman–Crippen LogP) is 4.89. The van der Waals surface area contributed by atoms with Crippen LogP contribution in [0.15, 0.2) is 42.5 Å². The zero-order chi connectivity index (χ0) is 20.7. The normalized spacial score (nSPS) is 14.0. The minimum absolute atomic E-state index is 0.00198. The Morgan fingerprint density at radius 3 is 2.36 bits per heavy atom. The van der Waals surface area contributed by atoms with E-state index in [0.717, 1.165) is 23.4 Å². The second-order valence-corrected chi connectivity index (χ2v) is 7.80. The van der Waals surface area contributed by atoms with Gasteiger partial charge in [0.25, 0.3) is 5.91 Å². The van der Waals surface area contributed by atoms with Crippen molar-refractivity contribution < 1.29 is 22.8 Å². The Morgan fingerprint density at radius 1 is 1.04 bits per heavy atom. The van der Waals surface area contributed by atoms with Crippen LogP contribution in [0.3, 0.4) is 0 Å². The molecule has 1 aliphatic rings. The first-order chi connectivity index (χ1) is 13.0. The number of carbonyl (C=O) groups is 2. The summed E-state index contributed by atoms with van der Waals surface area (Å²) in [7, 11) is 0. The molecule has 2 aromatic carbocycles. The van der Waals surface area contributed by atoms with E-state index in [0.29, 0.717) is 18.7 Å². The summed E-state index contributed by atoms with van der Waals surface area (Å²) in [6, 6.07) is 9.69. The van der Waals surface area contributed by atoms with Gasteiger partial charge in [-0.25, -0.2) is 0 Å². The van der Waals surface area contributed by atoms with Crippen molar-refractivity contribution >= 4 is 23.2 Å². The molecule has 0 bridgehead atoms. The van der Waals surface area contributed by atoms with Crippen LogP contribution in [0, 0.1) is 5.41 Å². The van der Waals surface area contributed by atoms with Gasteiger partial charge in [-0.3, -0.25) is 9.59 Å². The Bertz CT molecular complexity index is 930. The van der Waals surface area contributed by atoms with Gasteiger partial charge >= 0.3 is 6.18 Å². The fourth-order valence-corrected chi connectivity index (χ4v) is 3.22. The van der Waals surface area contributed by atoms with E-state index >= 15 is 0 Å². The number of nitrogens with one attached hydrogen (secondary N) is 1. The molecule has 1 N–H and O–H groups in total. The molecule has 0 spiro atoms. The predicted molar refractivity (Wildman–Crippen MR) is 101 cm³/mol. The Labute approximate surface area is 161 Å². The van der Waals surface area contributed by atoms with Crippen LogP contribution in [0.2, 0.25) is 0 Å². The van der Waals surface area contributed by atoms with Gasteiger partial charge in [-0.1, -0.05) is 32.9 Å². The molecular formula is C21H21F3N2O2. The van der Waals surface area contributed by atoms with E-state index in [1.165, 1.54) is 12.1 Å². The topological polar surface area (TPSA) is 49.4 Å². The van der Waals surface area contributed by atoms with E-state index in [9.17, 15) is 22.8 Å². The molecule has 0 saturated carbocycles. The fourth-order valence-electron chi connectivity index (χ4n) is 3.22. The summed E-state index contributed by atoms with van der Waals surface area (Å²) in [6.07, 6.45) is -3.99. The lowest BCUT2D eigenvalue weighted by atomic mass is 9.94. The summed E-state index contributed by atoms with van der Waals surface area (Å²) < 4.78 is 39.4. The number of benzene rings is 2. The number of fused-ring (bicyclic) bond motifs is 1. The van der Waals surface area contributed by atoms with Crippen LogP contribution in [0.25, 0.3) is 0 Å². The molecule has 0 aromatic heterocycles. The average Bonchev–Trinajstić information content (AvgIpc) is 3.02. The lowest BCUT2D eigenvalue weighted by Crippen LogP contribution is -2.38. The van der Waals surface area contributed by atoms with Gasteiger partial charge in [-0.2, -0.15) is 13.2 Å². The number of anilines is 2. The molecule has 148 valence electrons. The Hall–Kier alpha value is -2.83. The third-order valence-electron chi connectivity index (χ3n) is 4.60. The Morgan fingerprint density at radius 2 is 1.71 bits per heavy atom. The fraction of sp³-hybridized carbons (Fsp3) is 0.333. The lowest BCUT2D eigenvalue weighted by Gasteiger charge is -2.26. The highest BCUT2D eigenvalue weighted by atomic mass is 19.4. The molecule has 4 nitrogen and oxygen atoms in total. The maximum atomic E-state index is 13.1. The smallest absolute Gasteiger partial charge is 0.322 e. The zero-order valence-corrected chi connectivity index (χ0v) is 15.9. The summed E-state index contributed by atoms with van der Waals surface area (Å²) in [5, 5.41) is 2.53. The van der Waals surface area contributed by atoms with Crippen LogP contribution in [0.5, 0.6) is 0 Å². The molecule has 0 atom stereocenters. The summed E-state index contributed by atoms with van der Waals surface area (Å²) in [5.74, 6) is -0.823. The third-order valence-corrected chi connectivity index (χ3v) is 4.60. The minimum Gasteiger partial charge on any atom is -0.322 e. The van der Waals surface area contributed by atoms with Crippen LogP contribution in [-0.2, 0) is 17.4 Å². The number of hydrogen-bond donors (Lipinski definition) is 1. The first-order valence-corrected chi connectivity index (χ1v) is 8.91. The highest BCUT2D eigenvalue weighted by Crippen LogP contribution is 2.35. The van der Waals surface area contributed by atoms with Crippen molar-refractivity contribution in [2.24, 2.45) is 5.41 Å². The SMILES string of the molecule is CC(C)(C)C(=O)N1CCc2cc(NC(=O)c3ccccc3C(F)(F)F)ccc21. The first-order valence-electron chi connectivity index (χ1n) is 8.91. The number of nitrogens with zero attached hydrogens (tertiary/aromatic N) is 1. The molecule has 1 aliphatic heterocycles. The van der Waals surface area contributed by atoms with Gasteiger partial charge in [0.05, 0.1) is 11.1 Å². The molecule has 1 heterocycles. The second kappa shape index (κ2) is 6.96. The average molecular weight is 390 g/mol. The highest BCUT2D eigenvalue weighted by molar-refractivity contribution is 6.06. The minimum atomic E-state index is -4.61. The molecule has 0 fully saturated rings. The van der Waals surface area contributed by atoms with Crippen molar-refractivity contribution in [3.63, 3.8) is 0 Å². The zero-order valence-electron chi connectivity index (χ0n) is 15.9. The molecule has 0 radical (unpaired) electrons. The van der Waals surface area contributed by atoms with Gasteiger partial charge in [0.15, 0.2) is 0 Å². The van der Waals surface area contributed by atoms with Crippen LogP contribution < -0.4 is 10.2 Å². The van der Waals surface area contributed by atoms with E-state index in [2.05, 4.69) is 5.32 Å². The summed E-state index contributed by atoms with van der Waals surface area (Å²) in [5.41, 5.74) is 0.116. The van der Waals surface area contributed by atoms with Crippen molar-refractivity contribution in [1.29, 1.82) is 0 Å². The molecule has 2 aromatic rings. The molecule has 0 unspecified atom stereocenters. The standard InChI is InChI=1S/C21H21F3N2O2/c1-20(2,3)19(28)26-11-10-13-12-14(8-9-17(13)26)25-18(27)15-6-4-5-7-16(15)21(22,23)24/h4-9,12H,10-11H2,1-3H3,(H,25,27). The molecule has 0 aliphatic carbocycles. The Kier molecular flexibility index (Phi) is 4.95. The Balaban J connectivity index is 1.83. The van der Waals surface area contributed by atoms with Crippen LogP contribution >= 0.6 is 0 Å². The molecule has 28 heavy (non-hydrogen) atoms. The van der Waals surface area contributed by atoms with Gasteiger partial charge in [0.2, 0.25) is 5.91 Å². The number of rotatable bonds is 2. The second-order valence-electron chi connectivity index (χ2n) is 7.80. The van der Waals surface area contributed by atoms with Gasteiger partial charge in [-0.05, 0) is 42.3 Å². The lowest BCUT2D eigenvalue weighted by molar-refractivity contribution is -0.137. The largest absolute Gasteiger partial charge is 0.417 e. The van der Waals surface area contributed by atoms with Gasteiger partial charge in [0, 0.05) is 23.3 Å². The van der Waals surface area contributed by atoms with Gasteiger partial charge in [-0.15, -0.1) is 0 Å². The maximum Gasteiger partial charge on any atom is 0.417 e. The van der Waals surface area contributed by atoms with Crippen molar-refractivity contribution in [2.75, 3.05) is 16.8 Å². The molecule has 3 rings (SSSR count). The van der Waals surface area contributed by atoms with E-state index < -0.39 is 28.6 Å². The van der Waals surface area contributed by atoms with Gasteiger partial charge < -0.3 is 10.2 Å². The van der Waals surface area contributed by atoms with Crippen molar-refractivity contribution in [1.82, 2.24) is 0 Å². The van der Waals surface area contributed by atoms with E-state index in [1.54, 1.807) is 23.1 Å². The van der Waals surface area contributed by atoms with E-state index in [4.69, 9.17) is 0 Å².